The van der Waals surface area contributed by atoms with E-state index in [-0.39, 0.29) is 22.2 Å². The van der Waals surface area contributed by atoms with Crippen LogP contribution in [0.2, 0.25) is 10.0 Å². The Morgan fingerprint density at radius 1 is 1.11 bits per heavy atom. The van der Waals surface area contributed by atoms with E-state index in [4.69, 9.17) is 27.9 Å². The Hall–Kier alpha value is -1.80. The zero-order valence-corrected chi connectivity index (χ0v) is 17.6. The van der Waals surface area contributed by atoms with Gasteiger partial charge in [-0.2, -0.15) is 0 Å². The molecule has 1 fully saturated rings. The van der Waals surface area contributed by atoms with Gasteiger partial charge in [-0.15, -0.1) is 0 Å². The van der Waals surface area contributed by atoms with Crippen LogP contribution in [0.4, 0.5) is 5.69 Å². The molecule has 150 valence electrons. The van der Waals surface area contributed by atoms with E-state index in [2.05, 4.69) is 4.72 Å². The van der Waals surface area contributed by atoms with Crippen LogP contribution in [-0.2, 0) is 26.0 Å². The molecule has 0 unspecified atom stereocenters. The summed E-state index contributed by atoms with van der Waals surface area (Å²) in [6.45, 7) is 4.01. The van der Waals surface area contributed by atoms with Crippen LogP contribution in [-0.4, -0.2) is 45.5 Å². The van der Waals surface area contributed by atoms with Gasteiger partial charge in [-0.05, 0) is 42.3 Å². The number of hydrogen-bond donors (Lipinski definition) is 1. The lowest BCUT2D eigenvalue weighted by atomic mass is 10.1. The van der Waals surface area contributed by atoms with E-state index in [9.17, 15) is 13.2 Å². The Kier molecular flexibility index (Phi) is 6.50. The van der Waals surface area contributed by atoms with E-state index in [1.54, 1.807) is 36.1 Å². The van der Waals surface area contributed by atoms with Gasteiger partial charge in [0.05, 0.1) is 24.7 Å². The quantitative estimate of drug-likeness (QED) is 0.768. The molecule has 1 saturated heterocycles. The summed E-state index contributed by atoms with van der Waals surface area (Å²) < 4.78 is 33.0. The van der Waals surface area contributed by atoms with Crippen LogP contribution in [0.15, 0.2) is 41.3 Å². The van der Waals surface area contributed by atoms with Crippen LogP contribution in [0.5, 0.6) is 0 Å². The molecule has 0 spiro atoms. The molecule has 9 heteroatoms. The molecule has 0 radical (unpaired) electrons. The number of anilines is 1. The third-order valence-electron chi connectivity index (χ3n) is 4.43. The number of benzene rings is 2. The minimum Gasteiger partial charge on any atom is -0.378 e. The largest absolute Gasteiger partial charge is 0.378 e. The van der Waals surface area contributed by atoms with Gasteiger partial charge in [0, 0.05) is 23.8 Å². The average molecular weight is 443 g/mol. The number of nitrogens with zero attached hydrogens (tertiary/aromatic N) is 1. The number of halogens is 2. The van der Waals surface area contributed by atoms with Crippen molar-refractivity contribution in [3.63, 3.8) is 0 Å². The van der Waals surface area contributed by atoms with Crippen LogP contribution in [0.3, 0.4) is 0 Å². The van der Waals surface area contributed by atoms with Gasteiger partial charge in [0.1, 0.15) is 4.90 Å². The number of sulfonamides is 1. The topological polar surface area (TPSA) is 75.7 Å². The van der Waals surface area contributed by atoms with E-state index in [0.29, 0.717) is 42.6 Å². The van der Waals surface area contributed by atoms with E-state index >= 15 is 0 Å². The molecular weight excluding hydrogens is 423 g/mol. The number of ether oxygens (including phenoxy) is 1. The van der Waals surface area contributed by atoms with Crippen molar-refractivity contribution in [2.45, 2.75) is 18.2 Å². The smallest absolute Gasteiger partial charge is 0.263 e. The molecule has 0 saturated carbocycles. The predicted molar refractivity (Wildman–Crippen MR) is 110 cm³/mol. The Morgan fingerprint density at radius 2 is 1.75 bits per heavy atom. The fourth-order valence-electron chi connectivity index (χ4n) is 2.84. The molecule has 1 N–H and O–H groups in total. The number of rotatable bonds is 5. The van der Waals surface area contributed by atoms with Gasteiger partial charge in [-0.1, -0.05) is 35.3 Å². The standard InChI is InChI=1S/C19H20Cl2N2O4S/c1-13-10-18(17(21)12-16(13)20)28(25,26)22-15-4-2-14(3-5-15)11-19(24)23-6-8-27-9-7-23/h2-5,10,12,22H,6-9,11H2,1H3. The lowest BCUT2D eigenvalue weighted by molar-refractivity contribution is -0.134. The predicted octanol–water partition coefficient (Wildman–Crippen LogP) is 3.50. The lowest BCUT2D eigenvalue weighted by Gasteiger charge is -2.26. The normalized spacial score (nSPS) is 14.8. The lowest BCUT2D eigenvalue weighted by Crippen LogP contribution is -2.41. The molecule has 0 atom stereocenters. The van der Waals surface area contributed by atoms with Crippen molar-refractivity contribution >= 4 is 44.8 Å². The second-order valence-electron chi connectivity index (χ2n) is 6.50. The van der Waals surface area contributed by atoms with Gasteiger partial charge < -0.3 is 9.64 Å². The summed E-state index contributed by atoms with van der Waals surface area (Å²) in [5.74, 6) is 0.0278. The van der Waals surface area contributed by atoms with Crippen LogP contribution < -0.4 is 4.72 Å². The summed E-state index contributed by atoms with van der Waals surface area (Å²) in [6, 6.07) is 9.54. The van der Waals surface area contributed by atoms with Gasteiger partial charge in [-0.25, -0.2) is 8.42 Å². The summed E-state index contributed by atoms with van der Waals surface area (Å²) >= 11 is 12.0. The van der Waals surface area contributed by atoms with E-state index in [0.717, 1.165) is 5.56 Å². The molecule has 3 rings (SSSR count). The molecule has 28 heavy (non-hydrogen) atoms. The van der Waals surface area contributed by atoms with Gasteiger partial charge in [0.25, 0.3) is 10.0 Å². The highest BCUT2D eigenvalue weighted by Gasteiger charge is 2.20. The van der Waals surface area contributed by atoms with Gasteiger partial charge in [0.2, 0.25) is 5.91 Å². The number of amides is 1. The van der Waals surface area contributed by atoms with E-state index in [1.807, 2.05) is 0 Å². The monoisotopic (exact) mass is 442 g/mol. The molecule has 1 heterocycles. The molecule has 1 amide bonds. The van der Waals surface area contributed by atoms with E-state index < -0.39 is 10.0 Å². The summed E-state index contributed by atoms with van der Waals surface area (Å²) in [7, 11) is -3.87. The van der Waals surface area contributed by atoms with Crippen molar-refractivity contribution < 1.29 is 17.9 Å². The zero-order valence-electron chi connectivity index (χ0n) is 15.2. The molecule has 2 aromatic carbocycles. The fourth-order valence-corrected chi connectivity index (χ4v) is 4.73. The number of morpholine rings is 1. The summed E-state index contributed by atoms with van der Waals surface area (Å²) in [5, 5.41) is 0.453. The maximum atomic E-state index is 12.6. The minimum absolute atomic E-state index is 0.0278. The highest BCUT2D eigenvalue weighted by molar-refractivity contribution is 7.92. The van der Waals surface area contributed by atoms with E-state index in [1.165, 1.54) is 12.1 Å². The van der Waals surface area contributed by atoms with Crippen molar-refractivity contribution in [2.75, 3.05) is 31.0 Å². The highest BCUT2D eigenvalue weighted by Crippen LogP contribution is 2.29. The molecule has 0 bridgehead atoms. The van der Waals surface area contributed by atoms with Crippen LogP contribution in [0.1, 0.15) is 11.1 Å². The summed E-state index contributed by atoms with van der Waals surface area (Å²) in [6.07, 6.45) is 0.259. The number of carbonyl (C=O) groups excluding carboxylic acids is 1. The second-order valence-corrected chi connectivity index (χ2v) is 8.97. The number of nitrogens with one attached hydrogen (secondary N) is 1. The fraction of sp³-hybridized carbons (Fsp3) is 0.316. The highest BCUT2D eigenvalue weighted by atomic mass is 35.5. The van der Waals surface area contributed by atoms with Gasteiger partial charge in [-0.3, -0.25) is 9.52 Å². The molecule has 2 aromatic rings. The van der Waals surface area contributed by atoms with Crippen LogP contribution >= 0.6 is 23.2 Å². The van der Waals surface area contributed by atoms with Crippen molar-refractivity contribution in [3.05, 3.63) is 57.6 Å². The third kappa shape index (κ3) is 4.97. The first-order chi connectivity index (χ1) is 13.3. The van der Waals surface area contributed by atoms with Crippen LogP contribution in [0.25, 0.3) is 0 Å². The molecule has 1 aliphatic heterocycles. The second kappa shape index (κ2) is 8.69. The first-order valence-corrected chi connectivity index (χ1v) is 10.9. The Balaban J connectivity index is 1.70. The first kappa shape index (κ1) is 20.9. The maximum Gasteiger partial charge on any atom is 0.263 e. The molecular formula is C19H20Cl2N2O4S. The van der Waals surface area contributed by atoms with Gasteiger partial charge >= 0.3 is 0 Å². The molecule has 0 aliphatic carbocycles. The number of aryl methyl sites for hydroxylation is 1. The van der Waals surface area contributed by atoms with Crippen molar-refractivity contribution in [2.24, 2.45) is 0 Å². The van der Waals surface area contributed by atoms with Crippen molar-refractivity contribution in [1.82, 2.24) is 4.90 Å². The average Bonchev–Trinajstić information content (AvgIpc) is 2.66. The maximum absolute atomic E-state index is 12.6. The van der Waals surface area contributed by atoms with Gasteiger partial charge in [0.15, 0.2) is 0 Å². The molecule has 0 aromatic heterocycles. The molecule has 6 nitrogen and oxygen atoms in total. The Labute approximate surface area is 174 Å². The summed E-state index contributed by atoms with van der Waals surface area (Å²) in [4.78, 5) is 14.0. The summed E-state index contributed by atoms with van der Waals surface area (Å²) in [5.41, 5.74) is 1.80. The number of carbonyl (C=O) groups is 1. The van der Waals surface area contributed by atoms with Crippen LogP contribution in [0, 0.1) is 6.92 Å². The Bertz CT molecular complexity index is 972. The minimum atomic E-state index is -3.87. The molecule has 1 aliphatic rings. The Morgan fingerprint density at radius 3 is 2.39 bits per heavy atom. The van der Waals surface area contributed by atoms with Crippen molar-refractivity contribution in [1.29, 1.82) is 0 Å². The van der Waals surface area contributed by atoms with Crippen molar-refractivity contribution in [3.8, 4) is 0 Å². The number of hydrogen-bond acceptors (Lipinski definition) is 4. The SMILES string of the molecule is Cc1cc(S(=O)(=O)Nc2ccc(CC(=O)N3CCOCC3)cc2)c(Cl)cc1Cl. The third-order valence-corrected chi connectivity index (χ3v) is 6.68. The zero-order chi connectivity index (χ0) is 20.3. The first-order valence-electron chi connectivity index (χ1n) is 8.69.